The van der Waals surface area contributed by atoms with Crippen molar-refractivity contribution in [1.82, 2.24) is 9.78 Å². The number of nitrogens with zero attached hydrogens (tertiary/aromatic N) is 3. The predicted molar refractivity (Wildman–Crippen MR) is 127 cm³/mol. The van der Waals surface area contributed by atoms with Crippen LogP contribution in [0.4, 0.5) is 11.5 Å². The molecule has 1 aromatic carbocycles. The van der Waals surface area contributed by atoms with E-state index < -0.39 is 5.97 Å². The van der Waals surface area contributed by atoms with E-state index in [1.165, 1.54) is 13.2 Å². The summed E-state index contributed by atoms with van der Waals surface area (Å²) in [6, 6.07) is 9.97. The third-order valence-electron chi connectivity index (χ3n) is 5.00. The van der Waals surface area contributed by atoms with Crippen LogP contribution in [0, 0.1) is 18.3 Å². The average Bonchev–Trinajstić information content (AvgIpc) is 3.40. The lowest BCUT2D eigenvalue weighted by molar-refractivity contribution is 0.0697. The fourth-order valence-electron chi connectivity index (χ4n) is 3.34. The zero-order chi connectivity index (χ0) is 24.1. The number of allylic oxidation sites excluding steroid dienone is 5. The van der Waals surface area contributed by atoms with E-state index in [-0.39, 0.29) is 11.3 Å². The van der Waals surface area contributed by atoms with Gasteiger partial charge in [0.25, 0.3) is 0 Å². The Morgan fingerprint density at radius 1 is 1.36 bits per heavy atom. The number of nitriles is 1. The van der Waals surface area contributed by atoms with Crippen LogP contribution in [-0.4, -0.2) is 28.0 Å². The molecule has 0 unspecified atom stereocenters. The highest BCUT2D eigenvalue weighted by atomic mass is 16.5. The summed E-state index contributed by atoms with van der Waals surface area (Å²) in [5.41, 5.74) is 3.19. The number of benzene rings is 1. The van der Waals surface area contributed by atoms with Gasteiger partial charge >= 0.3 is 5.97 Å². The van der Waals surface area contributed by atoms with E-state index in [1.54, 1.807) is 35.0 Å². The Kier molecular flexibility index (Phi) is 6.84. The summed E-state index contributed by atoms with van der Waals surface area (Å²) in [5, 5.41) is 26.9. The second-order valence-corrected chi connectivity index (χ2v) is 7.11. The number of hydrogen-bond donors (Lipinski definition) is 2. The smallest absolute Gasteiger partial charge is 0.337 e. The van der Waals surface area contributed by atoms with Crippen molar-refractivity contribution in [2.24, 2.45) is 0 Å². The molecule has 0 amide bonds. The van der Waals surface area contributed by atoms with Crippen molar-refractivity contribution in [3.05, 3.63) is 77.7 Å². The van der Waals surface area contributed by atoms with Crippen molar-refractivity contribution < 1.29 is 19.1 Å². The van der Waals surface area contributed by atoms with E-state index in [0.717, 1.165) is 11.3 Å². The molecule has 3 aromatic rings. The maximum Gasteiger partial charge on any atom is 0.337 e. The summed E-state index contributed by atoms with van der Waals surface area (Å²) >= 11 is 0. The minimum atomic E-state index is -1.11. The lowest BCUT2D eigenvalue weighted by Crippen LogP contribution is -2.08. The predicted octanol–water partition coefficient (Wildman–Crippen LogP) is 5.77. The molecular formula is C25H24N4O4. The third-order valence-corrected chi connectivity index (χ3v) is 5.00. The van der Waals surface area contributed by atoms with E-state index >= 15 is 0 Å². The first-order chi connectivity index (χ1) is 15.8. The SMILES string of the molecule is C=C/C(C)=C(\C=C/C)n1nc(C)c(-c2ccc(C#N)o2)c1Nc1ccc(OC)cc1C(=O)O. The van der Waals surface area contributed by atoms with Crippen LogP contribution in [0.15, 0.2) is 65.1 Å². The summed E-state index contributed by atoms with van der Waals surface area (Å²) < 4.78 is 12.5. The zero-order valence-electron chi connectivity index (χ0n) is 18.8. The molecule has 8 nitrogen and oxygen atoms in total. The normalized spacial score (nSPS) is 11.7. The first-order valence-corrected chi connectivity index (χ1v) is 10.1. The first kappa shape index (κ1) is 23.2. The van der Waals surface area contributed by atoms with Crippen molar-refractivity contribution in [3.8, 4) is 23.1 Å². The van der Waals surface area contributed by atoms with Crippen molar-refractivity contribution >= 4 is 23.2 Å². The molecular weight excluding hydrogens is 420 g/mol. The van der Waals surface area contributed by atoms with Gasteiger partial charge in [0.1, 0.15) is 23.4 Å². The molecule has 0 saturated carbocycles. The molecule has 0 atom stereocenters. The van der Waals surface area contributed by atoms with E-state index in [4.69, 9.17) is 14.3 Å². The maximum atomic E-state index is 12.0. The van der Waals surface area contributed by atoms with Crippen molar-refractivity contribution in [3.63, 3.8) is 0 Å². The monoisotopic (exact) mass is 444 g/mol. The number of furan rings is 1. The number of methoxy groups -OCH3 is 1. The molecule has 2 N–H and O–H groups in total. The number of aryl methyl sites for hydroxylation is 1. The fourth-order valence-corrected chi connectivity index (χ4v) is 3.34. The van der Waals surface area contributed by atoms with Crippen LogP contribution in [-0.2, 0) is 0 Å². The second-order valence-electron chi connectivity index (χ2n) is 7.11. The molecule has 0 bridgehead atoms. The number of anilines is 2. The molecule has 0 aliphatic heterocycles. The molecule has 33 heavy (non-hydrogen) atoms. The number of rotatable bonds is 8. The largest absolute Gasteiger partial charge is 0.497 e. The summed E-state index contributed by atoms with van der Waals surface area (Å²) in [6.07, 6.45) is 5.47. The molecule has 0 radical (unpaired) electrons. The lowest BCUT2D eigenvalue weighted by Gasteiger charge is -2.16. The van der Waals surface area contributed by atoms with Crippen molar-refractivity contribution in [1.29, 1.82) is 5.26 Å². The number of hydrogen-bond acceptors (Lipinski definition) is 6. The highest BCUT2D eigenvalue weighted by Gasteiger charge is 2.24. The molecule has 8 heteroatoms. The summed E-state index contributed by atoms with van der Waals surface area (Å²) in [4.78, 5) is 12.0. The van der Waals surface area contributed by atoms with Crippen LogP contribution in [0.5, 0.6) is 5.75 Å². The minimum Gasteiger partial charge on any atom is -0.497 e. The summed E-state index contributed by atoms with van der Waals surface area (Å²) in [5.74, 6) is 0.374. The lowest BCUT2D eigenvalue weighted by atomic mass is 10.1. The fraction of sp³-hybridized carbons (Fsp3) is 0.160. The van der Waals surface area contributed by atoms with Crippen LogP contribution in [0.2, 0.25) is 0 Å². The van der Waals surface area contributed by atoms with Crippen LogP contribution in [0.3, 0.4) is 0 Å². The van der Waals surface area contributed by atoms with Gasteiger partial charge in [0.15, 0.2) is 0 Å². The maximum absolute atomic E-state index is 12.0. The summed E-state index contributed by atoms with van der Waals surface area (Å²) in [7, 11) is 1.47. The van der Waals surface area contributed by atoms with Gasteiger partial charge in [0.05, 0.1) is 35.3 Å². The van der Waals surface area contributed by atoms with Crippen LogP contribution >= 0.6 is 0 Å². The molecule has 2 heterocycles. The molecule has 2 aromatic heterocycles. The molecule has 0 fully saturated rings. The van der Waals surface area contributed by atoms with E-state index in [0.29, 0.717) is 34.3 Å². The Morgan fingerprint density at radius 3 is 2.70 bits per heavy atom. The van der Waals surface area contributed by atoms with Gasteiger partial charge in [-0.2, -0.15) is 10.4 Å². The molecule has 0 spiro atoms. The number of carboxylic acids is 1. The van der Waals surface area contributed by atoms with Gasteiger partial charge in [0, 0.05) is 0 Å². The van der Waals surface area contributed by atoms with Crippen molar-refractivity contribution in [2.75, 3.05) is 12.4 Å². The van der Waals surface area contributed by atoms with Gasteiger partial charge < -0.3 is 19.6 Å². The minimum absolute atomic E-state index is 0.0277. The topological polar surface area (TPSA) is 113 Å². The Balaban J connectivity index is 2.31. The quantitative estimate of drug-likeness (QED) is 0.424. The van der Waals surface area contributed by atoms with Gasteiger partial charge in [-0.05, 0) is 62.8 Å². The van der Waals surface area contributed by atoms with Gasteiger partial charge in [-0.25, -0.2) is 9.48 Å². The first-order valence-electron chi connectivity index (χ1n) is 10.1. The van der Waals surface area contributed by atoms with Crippen LogP contribution in [0.25, 0.3) is 17.0 Å². The third kappa shape index (κ3) is 4.57. The molecule has 0 aliphatic rings. The number of ether oxygens (including phenoxy) is 1. The second kappa shape index (κ2) is 9.75. The average molecular weight is 444 g/mol. The number of nitrogens with one attached hydrogen (secondary N) is 1. The van der Waals surface area contributed by atoms with Gasteiger partial charge in [-0.1, -0.05) is 18.7 Å². The zero-order valence-corrected chi connectivity index (χ0v) is 18.8. The van der Waals surface area contributed by atoms with Crippen LogP contribution < -0.4 is 10.1 Å². The number of carbonyl (C=O) groups is 1. The van der Waals surface area contributed by atoms with Gasteiger partial charge in [-0.3, -0.25) is 0 Å². The van der Waals surface area contributed by atoms with E-state index in [2.05, 4.69) is 11.9 Å². The van der Waals surface area contributed by atoms with Crippen LogP contribution in [0.1, 0.15) is 35.7 Å². The molecule has 0 saturated heterocycles. The van der Waals surface area contributed by atoms with E-state index in [9.17, 15) is 15.2 Å². The summed E-state index contributed by atoms with van der Waals surface area (Å²) in [6.45, 7) is 9.47. The highest BCUT2D eigenvalue weighted by molar-refractivity contribution is 5.96. The van der Waals surface area contributed by atoms with Gasteiger partial charge in [-0.15, -0.1) is 0 Å². The Labute approximate surface area is 191 Å². The molecule has 3 rings (SSSR count). The molecule has 0 aliphatic carbocycles. The van der Waals surface area contributed by atoms with Gasteiger partial charge in [0.2, 0.25) is 5.76 Å². The highest BCUT2D eigenvalue weighted by Crippen LogP contribution is 2.38. The number of aromatic carboxylic acids is 1. The molecule has 168 valence electrons. The number of carboxylic acid groups (broad SMARTS) is 1. The van der Waals surface area contributed by atoms with E-state index in [1.807, 2.05) is 39.0 Å². The Morgan fingerprint density at radius 2 is 2.12 bits per heavy atom. The Bertz CT molecular complexity index is 1320. The van der Waals surface area contributed by atoms with Crippen molar-refractivity contribution in [2.45, 2.75) is 20.8 Å². The number of aromatic nitrogens is 2. The Hall–Kier alpha value is -4.51. The standard InChI is InChI=1S/C25H24N4O4/c1-6-8-21(15(3)7-2)29-24(23(16(4)28-29)22-12-10-18(14-26)33-22)27-20-11-9-17(32-5)13-19(20)25(30)31/h6-13,27H,2H2,1,3-5H3,(H,30,31)/b8-6-,21-15+.